The molecule has 9 heavy (non-hydrogen) atoms. The van der Waals surface area contributed by atoms with Crippen molar-refractivity contribution < 1.29 is 0 Å². The molecule has 1 rings (SSSR count). The molecule has 2 unspecified atom stereocenters. The van der Waals surface area contributed by atoms with Crippen molar-refractivity contribution in [2.24, 2.45) is 11.8 Å². The van der Waals surface area contributed by atoms with Crippen LogP contribution in [0.1, 0.15) is 26.7 Å². The summed E-state index contributed by atoms with van der Waals surface area (Å²) in [6.07, 6.45) is 4.77. The summed E-state index contributed by atoms with van der Waals surface area (Å²) in [5.74, 6) is 1.57. The van der Waals surface area contributed by atoms with Gasteiger partial charge in [-0.15, -0.1) is 11.6 Å². The first-order valence-corrected chi connectivity index (χ1v) is 4.13. The quantitative estimate of drug-likeness (QED) is 0.498. The van der Waals surface area contributed by atoms with Gasteiger partial charge in [0, 0.05) is 5.38 Å². The largest absolute Gasteiger partial charge is 0.123 e. The van der Waals surface area contributed by atoms with Crippen molar-refractivity contribution in [1.29, 1.82) is 0 Å². The number of hydrogen-bond acceptors (Lipinski definition) is 0. The lowest BCUT2D eigenvalue weighted by molar-refractivity contribution is 0.449. The van der Waals surface area contributed by atoms with E-state index in [1.807, 2.05) is 0 Å². The van der Waals surface area contributed by atoms with E-state index in [0.717, 1.165) is 11.8 Å². The van der Waals surface area contributed by atoms with Crippen molar-refractivity contribution in [2.45, 2.75) is 32.1 Å². The first-order valence-electron chi connectivity index (χ1n) is 3.69. The molecule has 2 atom stereocenters. The van der Waals surface area contributed by atoms with Crippen molar-refractivity contribution in [1.82, 2.24) is 0 Å². The van der Waals surface area contributed by atoms with Gasteiger partial charge >= 0.3 is 0 Å². The van der Waals surface area contributed by atoms with E-state index in [2.05, 4.69) is 20.3 Å². The molecular weight excluding hydrogens is 132 g/mol. The van der Waals surface area contributed by atoms with E-state index < -0.39 is 0 Å². The molecule has 0 aliphatic heterocycles. The molecule has 0 aromatic carbocycles. The first kappa shape index (κ1) is 7.40. The van der Waals surface area contributed by atoms with E-state index >= 15 is 0 Å². The average molecular weight is 146 g/mol. The molecule has 1 heteroatoms. The summed E-state index contributed by atoms with van der Waals surface area (Å²) < 4.78 is 0. The standard InChI is InChI=1S/C8H14Cl/c1-6(2)7-3-4-8(9)5-7/h5-8H,3-4H2,1-2H3. The molecule has 0 aromatic heterocycles. The van der Waals surface area contributed by atoms with Crippen LogP contribution in [0, 0.1) is 18.3 Å². The monoisotopic (exact) mass is 145 g/mol. The summed E-state index contributed by atoms with van der Waals surface area (Å²) in [4.78, 5) is 0. The molecule has 0 nitrogen and oxygen atoms in total. The molecule has 0 spiro atoms. The van der Waals surface area contributed by atoms with Gasteiger partial charge in [-0.05, 0) is 31.1 Å². The summed E-state index contributed by atoms with van der Waals surface area (Å²) in [6, 6.07) is 0. The van der Waals surface area contributed by atoms with Gasteiger partial charge in [-0.3, -0.25) is 0 Å². The van der Waals surface area contributed by atoms with Gasteiger partial charge in [-0.1, -0.05) is 13.8 Å². The molecule has 0 amide bonds. The van der Waals surface area contributed by atoms with Crippen molar-refractivity contribution in [3.8, 4) is 0 Å². The first-order chi connectivity index (χ1) is 4.20. The normalized spacial score (nSPS) is 36.0. The van der Waals surface area contributed by atoms with Crippen LogP contribution in [0.25, 0.3) is 0 Å². The lowest BCUT2D eigenvalue weighted by Gasteiger charge is -2.11. The molecule has 1 saturated carbocycles. The van der Waals surface area contributed by atoms with Crippen molar-refractivity contribution in [3.63, 3.8) is 0 Å². The number of alkyl halides is 1. The third kappa shape index (κ3) is 1.86. The van der Waals surface area contributed by atoms with Gasteiger partial charge in [-0.25, -0.2) is 0 Å². The lowest BCUT2D eigenvalue weighted by atomic mass is 9.95. The minimum atomic E-state index is 0.359. The second-order valence-corrected chi connectivity index (χ2v) is 3.75. The predicted octanol–water partition coefficient (Wildman–Crippen LogP) is 2.86. The van der Waals surface area contributed by atoms with Gasteiger partial charge in [0.25, 0.3) is 0 Å². The Balaban J connectivity index is 2.30. The van der Waals surface area contributed by atoms with Gasteiger partial charge in [0.2, 0.25) is 0 Å². The molecule has 1 aliphatic carbocycles. The van der Waals surface area contributed by atoms with Gasteiger partial charge < -0.3 is 0 Å². The van der Waals surface area contributed by atoms with Crippen LogP contribution in [-0.2, 0) is 0 Å². The number of hydrogen-bond donors (Lipinski definition) is 0. The van der Waals surface area contributed by atoms with Crippen molar-refractivity contribution in [3.05, 3.63) is 6.42 Å². The highest BCUT2D eigenvalue weighted by Gasteiger charge is 2.24. The third-order valence-electron chi connectivity index (χ3n) is 2.09. The number of halogens is 1. The van der Waals surface area contributed by atoms with Gasteiger partial charge in [-0.2, -0.15) is 0 Å². The second kappa shape index (κ2) is 2.92. The fourth-order valence-corrected chi connectivity index (χ4v) is 1.68. The van der Waals surface area contributed by atoms with Crippen LogP contribution in [0.4, 0.5) is 0 Å². The maximum atomic E-state index is 5.90. The maximum Gasteiger partial charge on any atom is 0.0370 e. The molecule has 1 radical (unpaired) electrons. The Bertz CT molecular complexity index is 88.6. The molecule has 1 aliphatic rings. The van der Waals surface area contributed by atoms with E-state index in [1.54, 1.807) is 0 Å². The highest BCUT2D eigenvalue weighted by Crippen LogP contribution is 2.33. The molecule has 0 saturated heterocycles. The van der Waals surface area contributed by atoms with Crippen LogP contribution in [0.2, 0.25) is 0 Å². The topological polar surface area (TPSA) is 0 Å². The Morgan fingerprint density at radius 3 is 2.33 bits per heavy atom. The molecule has 0 heterocycles. The molecular formula is C8H14Cl. The van der Waals surface area contributed by atoms with Crippen LogP contribution < -0.4 is 0 Å². The molecule has 0 N–H and O–H groups in total. The highest BCUT2D eigenvalue weighted by molar-refractivity contribution is 6.21. The van der Waals surface area contributed by atoms with Crippen LogP contribution in [0.3, 0.4) is 0 Å². The molecule has 0 bridgehead atoms. The van der Waals surface area contributed by atoms with Crippen LogP contribution >= 0.6 is 11.6 Å². The fraction of sp³-hybridized carbons (Fsp3) is 0.875. The Morgan fingerprint density at radius 2 is 2.11 bits per heavy atom. The van der Waals surface area contributed by atoms with Crippen molar-refractivity contribution in [2.75, 3.05) is 0 Å². The van der Waals surface area contributed by atoms with Crippen LogP contribution in [0.5, 0.6) is 0 Å². The summed E-state index contributed by atoms with van der Waals surface area (Å²) in [7, 11) is 0. The van der Waals surface area contributed by atoms with Gasteiger partial charge in [0.1, 0.15) is 0 Å². The Labute approximate surface area is 62.6 Å². The van der Waals surface area contributed by atoms with Crippen LogP contribution in [0.15, 0.2) is 0 Å². The zero-order valence-corrected chi connectivity index (χ0v) is 6.86. The maximum absolute atomic E-state index is 5.90. The third-order valence-corrected chi connectivity index (χ3v) is 2.45. The SMILES string of the molecule is CC(C)C1[CH]C(Cl)CC1. The van der Waals surface area contributed by atoms with Gasteiger partial charge in [0.15, 0.2) is 0 Å². The predicted molar refractivity (Wildman–Crippen MR) is 41.5 cm³/mol. The summed E-state index contributed by atoms with van der Waals surface area (Å²) in [5.41, 5.74) is 0. The van der Waals surface area contributed by atoms with E-state index in [-0.39, 0.29) is 0 Å². The highest BCUT2D eigenvalue weighted by atomic mass is 35.5. The van der Waals surface area contributed by atoms with E-state index in [9.17, 15) is 0 Å². The molecule has 1 fully saturated rings. The Hall–Kier alpha value is 0.290. The summed E-state index contributed by atoms with van der Waals surface area (Å²) in [5, 5.41) is 0.359. The van der Waals surface area contributed by atoms with E-state index in [4.69, 9.17) is 11.6 Å². The van der Waals surface area contributed by atoms with Crippen LogP contribution in [-0.4, -0.2) is 5.38 Å². The zero-order valence-electron chi connectivity index (χ0n) is 6.10. The molecule has 53 valence electrons. The Morgan fingerprint density at radius 1 is 1.44 bits per heavy atom. The average Bonchev–Trinajstić information content (AvgIpc) is 2.14. The summed E-state index contributed by atoms with van der Waals surface area (Å²) >= 11 is 5.90. The van der Waals surface area contributed by atoms with Crippen molar-refractivity contribution >= 4 is 11.6 Å². The summed E-state index contributed by atoms with van der Waals surface area (Å²) in [6.45, 7) is 4.52. The minimum Gasteiger partial charge on any atom is -0.123 e. The Kier molecular flexibility index (Phi) is 2.40. The van der Waals surface area contributed by atoms with E-state index in [0.29, 0.717) is 5.38 Å². The zero-order chi connectivity index (χ0) is 6.85. The molecule has 0 aromatic rings. The smallest absolute Gasteiger partial charge is 0.0370 e. The minimum absolute atomic E-state index is 0.359. The van der Waals surface area contributed by atoms with E-state index in [1.165, 1.54) is 12.8 Å². The lowest BCUT2D eigenvalue weighted by Crippen LogP contribution is -2.04. The fourth-order valence-electron chi connectivity index (χ4n) is 1.37. The second-order valence-electron chi connectivity index (χ2n) is 3.19. The van der Waals surface area contributed by atoms with Gasteiger partial charge in [0.05, 0.1) is 0 Å². The number of rotatable bonds is 1.